The molecule has 1 heterocycles. The fourth-order valence-corrected chi connectivity index (χ4v) is 4.05. The summed E-state index contributed by atoms with van der Waals surface area (Å²) >= 11 is 12.2. The van der Waals surface area contributed by atoms with Crippen molar-refractivity contribution in [3.05, 3.63) is 69.7 Å². The van der Waals surface area contributed by atoms with Crippen LogP contribution in [0.15, 0.2) is 48.5 Å². The summed E-state index contributed by atoms with van der Waals surface area (Å²) < 4.78 is 5.11. The van der Waals surface area contributed by atoms with Crippen molar-refractivity contribution in [2.24, 2.45) is 0 Å². The summed E-state index contributed by atoms with van der Waals surface area (Å²) in [6.07, 6.45) is 0. The van der Waals surface area contributed by atoms with Crippen molar-refractivity contribution in [2.75, 3.05) is 26.8 Å². The monoisotopic (exact) mass is 463 g/mol. The summed E-state index contributed by atoms with van der Waals surface area (Å²) in [7, 11) is 1.55. The summed E-state index contributed by atoms with van der Waals surface area (Å²) in [4.78, 5) is 41.3. The van der Waals surface area contributed by atoms with Crippen LogP contribution in [0.5, 0.6) is 0 Å². The molecule has 1 saturated heterocycles. The Balaban J connectivity index is 1.79. The molecule has 1 aliphatic rings. The van der Waals surface area contributed by atoms with Crippen molar-refractivity contribution in [3.8, 4) is 0 Å². The van der Waals surface area contributed by atoms with Crippen LogP contribution in [0, 0.1) is 0 Å². The van der Waals surface area contributed by atoms with Gasteiger partial charge in [0.1, 0.15) is 12.1 Å². The van der Waals surface area contributed by atoms with E-state index in [0.29, 0.717) is 30.3 Å². The third-order valence-corrected chi connectivity index (χ3v) is 5.72. The van der Waals surface area contributed by atoms with Gasteiger partial charge in [-0.15, -0.1) is 0 Å². The normalized spacial score (nSPS) is 18.3. The highest BCUT2D eigenvalue weighted by Gasteiger charge is 2.50. The molecule has 0 aliphatic carbocycles. The SMILES string of the molecule is COCCN(Cc1ccccc1)C(=O)CN1C(=O)NC(C)(c2ccc(Cl)cc2Cl)C1=O. The van der Waals surface area contributed by atoms with E-state index in [1.165, 1.54) is 6.07 Å². The molecular weight excluding hydrogens is 441 g/mol. The molecule has 0 aromatic heterocycles. The Kier molecular flexibility index (Phi) is 7.20. The molecule has 0 radical (unpaired) electrons. The van der Waals surface area contributed by atoms with E-state index in [0.717, 1.165) is 10.5 Å². The number of nitrogens with one attached hydrogen (secondary N) is 1. The molecule has 1 atom stereocenters. The standard InChI is InChI=1S/C22H23Cl2N3O4/c1-22(17-9-8-16(23)12-18(17)24)20(29)27(21(30)25-22)14-19(28)26(10-11-31-2)13-15-6-4-3-5-7-15/h3-9,12H,10-11,13-14H2,1-2H3,(H,25,30). The zero-order valence-corrected chi connectivity index (χ0v) is 18.7. The van der Waals surface area contributed by atoms with Gasteiger partial charge in [-0.2, -0.15) is 0 Å². The first kappa shape index (κ1) is 23.1. The highest BCUT2D eigenvalue weighted by atomic mass is 35.5. The summed E-state index contributed by atoms with van der Waals surface area (Å²) in [6, 6.07) is 13.5. The Labute approximate surface area is 190 Å². The Morgan fingerprint density at radius 2 is 1.87 bits per heavy atom. The van der Waals surface area contributed by atoms with Crippen molar-refractivity contribution in [1.82, 2.24) is 15.1 Å². The zero-order valence-electron chi connectivity index (χ0n) is 17.2. The van der Waals surface area contributed by atoms with E-state index in [1.54, 1.807) is 31.1 Å². The molecule has 1 aliphatic heterocycles. The Morgan fingerprint density at radius 3 is 2.52 bits per heavy atom. The number of ether oxygens (including phenoxy) is 1. The molecule has 0 spiro atoms. The summed E-state index contributed by atoms with van der Waals surface area (Å²) in [5.41, 5.74) is -0.0511. The van der Waals surface area contributed by atoms with Crippen LogP contribution < -0.4 is 5.32 Å². The lowest BCUT2D eigenvalue weighted by molar-refractivity contribution is -0.139. The van der Waals surface area contributed by atoms with Crippen LogP contribution in [0.2, 0.25) is 10.0 Å². The van der Waals surface area contributed by atoms with Crippen molar-refractivity contribution in [3.63, 3.8) is 0 Å². The van der Waals surface area contributed by atoms with E-state index >= 15 is 0 Å². The number of carbonyl (C=O) groups is 3. The zero-order chi connectivity index (χ0) is 22.6. The van der Waals surface area contributed by atoms with Gasteiger partial charge in [-0.1, -0.05) is 59.6 Å². The lowest BCUT2D eigenvalue weighted by Crippen LogP contribution is -2.45. The lowest BCUT2D eigenvalue weighted by Gasteiger charge is -2.26. The van der Waals surface area contributed by atoms with Gasteiger partial charge < -0.3 is 15.0 Å². The van der Waals surface area contributed by atoms with Crippen LogP contribution >= 0.6 is 23.2 Å². The Hall–Kier alpha value is -2.61. The van der Waals surface area contributed by atoms with Gasteiger partial charge in [0.15, 0.2) is 0 Å². The van der Waals surface area contributed by atoms with E-state index in [9.17, 15) is 14.4 Å². The van der Waals surface area contributed by atoms with E-state index in [2.05, 4.69) is 5.32 Å². The molecule has 3 rings (SSSR count). The third-order valence-electron chi connectivity index (χ3n) is 5.17. The number of halogens is 2. The van der Waals surface area contributed by atoms with Gasteiger partial charge >= 0.3 is 6.03 Å². The second-order valence-corrected chi connectivity index (χ2v) is 8.21. The quantitative estimate of drug-likeness (QED) is 0.608. The number of imide groups is 1. The van der Waals surface area contributed by atoms with Crippen molar-refractivity contribution < 1.29 is 19.1 Å². The molecule has 9 heteroatoms. The highest BCUT2D eigenvalue weighted by Crippen LogP contribution is 2.35. The van der Waals surface area contributed by atoms with Gasteiger partial charge in [-0.25, -0.2) is 4.79 Å². The molecule has 4 amide bonds. The van der Waals surface area contributed by atoms with E-state index in [1.807, 2.05) is 30.3 Å². The van der Waals surface area contributed by atoms with E-state index in [4.69, 9.17) is 27.9 Å². The minimum absolute atomic E-state index is 0.252. The molecule has 7 nitrogen and oxygen atoms in total. The van der Waals surface area contributed by atoms with Crippen molar-refractivity contribution in [1.29, 1.82) is 0 Å². The maximum atomic E-state index is 13.2. The van der Waals surface area contributed by atoms with Crippen molar-refractivity contribution in [2.45, 2.75) is 19.0 Å². The molecule has 0 saturated carbocycles. The number of methoxy groups -OCH3 is 1. The fourth-order valence-electron chi connectivity index (χ4n) is 3.45. The number of rotatable bonds is 8. The second kappa shape index (κ2) is 9.68. The van der Waals surface area contributed by atoms with Gasteiger partial charge in [0.2, 0.25) is 5.91 Å². The average molecular weight is 464 g/mol. The van der Waals surface area contributed by atoms with Crippen LogP contribution in [0.3, 0.4) is 0 Å². The molecule has 2 aromatic rings. The predicted molar refractivity (Wildman–Crippen MR) is 118 cm³/mol. The van der Waals surface area contributed by atoms with Crippen LogP contribution in [0.1, 0.15) is 18.1 Å². The molecule has 0 bridgehead atoms. The number of benzene rings is 2. The Bertz CT molecular complexity index is 986. The number of amides is 4. The summed E-state index contributed by atoms with van der Waals surface area (Å²) in [5, 5.41) is 3.32. The highest BCUT2D eigenvalue weighted by molar-refractivity contribution is 6.35. The van der Waals surface area contributed by atoms with Crippen LogP contribution in [-0.4, -0.2) is 54.5 Å². The topological polar surface area (TPSA) is 79.0 Å². The first-order chi connectivity index (χ1) is 14.8. The van der Waals surface area contributed by atoms with Crippen LogP contribution in [-0.2, 0) is 26.4 Å². The molecule has 1 N–H and O–H groups in total. The van der Waals surface area contributed by atoms with Gasteiger partial charge in [-0.3, -0.25) is 14.5 Å². The number of nitrogens with zero attached hydrogens (tertiary/aromatic N) is 2. The maximum absolute atomic E-state index is 13.2. The Morgan fingerprint density at radius 1 is 1.16 bits per heavy atom. The fraction of sp³-hybridized carbons (Fsp3) is 0.318. The van der Waals surface area contributed by atoms with E-state index in [-0.39, 0.29) is 17.5 Å². The summed E-state index contributed by atoms with van der Waals surface area (Å²) in [6.45, 7) is 2.17. The molecular formula is C22H23Cl2N3O4. The maximum Gasteiger partial charge on any atom is 0.325 e. The van der Waals surface area contributed by atoms with Gasteiger partial charge in [0, 0.05) is 35.8 Å². The summed E-state index contributed by atoms with van der Waals surface area (Å²) in [5.74, 6) is -0.919. The number of urea groups is 1. The van der Waals surface area contributed by atoms with E-state index < -0.39 is 17.5 Å². The minimum atomic E-state index is -1.39. The minimum Gasteiger partial charge on any atom is -0.383 e. The van der Waals surface area contributed by atoms with Gasteiger partial charge in [0.05, 0.1) is 6.61 Å². The first-order valence-corrected chi connectivity index (χ1v) is 10.4. The first-order valence-electron chi connectivity index (χ1n) is 9.66. The number of hydrogen-bond acceptors (Lipinski definition) is 4. The smallest absolute Gasteiger partial charge is 0.325 e. The average Bonchev–Trinajstić information content (AvgIpc) is 2.95. The number of carbonyl (C=O) groups excluding carboxylic acids is 3. The largest absolute Gasteiger partial charge is 0.383 e. The molecule has 2 aromatic carbocycles. The van der Waals surface area contributed by atoms with Gasteiger partial charge in [-0.05, 0) is 24.6 Å². The molecule has 164 valence electrons. The van der Waals surface area contributed by atoms with Gasteiger partial charge in [0.25, 0.3) is 5.91 Å². The third kappa shape index (κ3) is 5.01. The molecule has 1 fully saturated rings. The van der Waals surface area contributed by atoms with Crippen LogP contribution in [0.4, 0.5) is 4.79 Å². The number of hydrogen-bond donors (Lipinski definition) is 1. The lowest BCUT2D eigenvalue weighted by atomic mass is 9.92. The molecule has 31 heavy (non-hydrogen) atoms. The molecule has 1 unspecified atom stereocenters. The van der Waals surface area contributed by atoms with Crippen LogP contribution in [0.25, 0.3) is 0 Å². The second-order valence-electron chi connectivity index (χ2n) is 7.36. The predicted octanol–water partition coefficient (Wildman–Crippen LogP) is 3.44. The van der Waals surface area contributed by atoms with Crippen molar-refractivity contribution >= 4 is 41.0 Å².